The number of rotatable bonds is 9. The fourth-order valence-electron chi connectivity index (χ4n) is 4.18. The van der Waals surface area contributed by atoms with E-state index in [4.69, 9.17) is 0 Å². The van der Waals surface area contributed by atoms with Crippen molar-refractivity contribution in [1.29, 1.82) is 0 Å². The Bertz CT molecular complexity index is 1570. The van der Waals surface area contributed by atoms with Crippen molar-refractivity contribution in [3.63, 3.8) is 0 Å². The molecule has 0 bridgehead atoms. The first-order chi connectivity index (χ1) is 18.7. The summed E-state index contributed by atoms with van der Waals surface area (Å²) in [5.41, 5.74) is 2.13. The summed E-state index contributed by atoms with van der Waals surface area (Å²) in [6.07, 6.45) is 0.333. The van der Waals surface area contributed by atoms with Gasteiger partial charge in [-0.1, -0.05) is 52.3 Å². The minimum absolute atomic E-state index is 0.00304. The summed E-state index contributed by atoms with van der Waals surface area (Å²) in [6.45, 7) is 3.58. The number of carbonyl (C=O) groups excluding carboxylic acids is 2. The summed E-state index contributed by atoms with van der Waals surface area (Å²) in [5.74, 6) is -1.01. The first-order valence-corrected chi connectivity index (χ1v) is 14.0. The fourth-order valence-corrected chi connectivity index (χ4v) is 5.36. The molecule has 0 radical (unpaired) electrons. The minimum Gasteiger partial charge on any atom is -0.349 e. The van der Waals surface area contributed by atoms with Crippen LogP contribution in [0.5, 0.6) is 0 Å². The lowest BCUT2D eigenvalue weighted by Gasteiger charge is -2.16. The lowest BCUT2D eigenvalue weighted by Crippen LogP contribution is -2.34. The van der Waals surface area contributed by atoms with Gasteiger partial charge in [-0.25, -0.2) is 9.07 Å². The number of benzene rings is 3. The Morgan fingerprint density at radius 1 is 1.05 bits per heavy atom. The molecule has 1 aromatic heterocycles. The largest absolute Gasteiger partial charge is 0.349 e. The van der Waals surface area contributed by atoms with Crippen molar-refractivity contribution in [1.82, 2.24) is 14.7 Å². The summed E-state index contributed by atoms with van der Waals surface area (Å²) >= 11 is 4.45. The molecule has 4 aromatic rings. The standard InChI is InChI=1S/C29H28BrFN4O3S/c1-18(15-20-13-14-21(30)16-24(20)31)32-28(37)23-11-7-8-12-25(23)39-17-26(36)33-27-19(2)34(3)35(29(27)38)22-9-5-4-6-10-22/h4-14,16,18H,15,17H2,1-3H3,(H,32,37)(H,33,36). The SMILES string of the molecule is Cc1c(NC(=O)CSc2ccccc2C(=O)NC(C)Cc2ccc(Br)cc2F)c(=O)n(-c2ccccc2)n1C. The monoisotopic (exact) mass is 610 g/mol. The van der Waals surface area contributed by atoms with Crippen molar-refractivity contribution in [3.05, 3.63) is 110 Å². The van der Waals surface area contributed by atoms with Crippen molar-refractivity contribution in [2.75, 3.05) is 11.1 Å². The van der Waals surface area contributed by atoms with Gasteiger partial charge in [-0.2, -0.15) is 0 Å². The number of anilines is 1. The van der Waals surface area contributed by atoms with Crippen molar-refractivity contribution < 1.29 is 14.0 Å². The van der Waals surface area contributed by atoms with Crippen LogP contribution in [0.25, 0.3) is 5.69 Å². The Kier molecular flexibility index (Phi) is 9.08. The maximum Gasteiger partial charge on any atom is 0.295 e. The zero-order valence-corrected chi connectivity index (χ0v) is 24.1. The first-order valence-electron chi connectivity index (χ1n) is 12.3. The molecule has 0 spiro atoms. The van der Waals surface area contributed by atoms with Gasteiger partial charge in [-0.3, -0.25) is 19.1 Å². The quantitative estimate of drug-likeness (QED) is 0.246. The van der Waals surface area contributed by atoms with Crippen LogP contribution in [0.1, 0.15) is 28.5 Å². The lowest BCUT2D eigenvalue weighted by molar-refractivity contribution is -0.113. The Hall–Kier alpha value is -3.63. The second kappa shape index (κ2) is 12.5. The second-order valence-corrected chi connectivity index (χ2v) is 11.0. The van der Waals surface area contributed by atoms with Gasteiger partial charge in [0.15, 0.2) is 0 Å². The number of carbonyl (C=O) groups is 2. The van der Waals surface area contributed by atoms with Gasteiger partial charge in [0.1, 0.15) is 11.5 Å². The van der Waals surface area contributed by atoms with Gasteiger partial charge in [-0.15, -0.1) is 11.8 Å². The number of halogens is 2. The number of hydrogen-bond donors (Lipinski definition) is 2. The van der Waals surface area contributed by atoms with Crippen molar-refractivity contribution in [3.8, 4) is 5.69 Å². The van der Waals surface area contributed by atoms with Crippen molar-refractivity contribution in [2.24, 2.45) is 7.05 Å². The number of aromatic nitrogens is 2. The molecule has 2 N–H and O–H groups in total. The second-order valence-electron chi connectivity index (χ2n) is 9.08. The summed E-state index contributed by atoms with van der Waals surface area (Å²) in [5, 5.41) is 5.66. The minimum atomic E-state index is -0.361. The highest BCUT2D eigenvalue weighted by Gasteiger charge is 2.20. The van der Waals surface area contributed by atoms with Crippen LogP contribution in [0.3, 0.4) is 0 Å². The Balaban J connectivity index is 1.41. The fraction of sp³-hybridized carbons (Fsp3) is 0.207. The van der Waals surface area contributed by atoms with Crippen LogP contribution in [0.2, 0.25) is 0 Å². The molecule has 0 aliphatic carbocycles. The lowest BCUT2D eigenvalue weighted by atomic mass is 10.1. The highest BCUT2D eigenvalue weighted by molar-refractivity contribution is 9.10. The van der Waals surface area contributed by atoms with E-state index in [0.717, 1.165) is 0 Å². The molecule has 4 rings (SSSR count). The van der Waals surface area contributed by atoms with E-state index in [1.807, 2.05) is 37.3 Å². The molecular weight excluding hydrogens is 583 g/mol. The Labute approximate surface area is 238 Å². The van der Waals surface area contributed by atoms with Gasteiger partial charge in [0, 0.05) is 22.5 Å². The van der Waals surface area contributed by atoms with Gasteiger partial charge in [0.2, 0.25) is 5.91 Å². The maximum absolute atomic E-state index is 14.2. The van der Waals surface area contributed by atoms with Crippen LogP contribution in [0, 0.1) is 12.7 Å². The molecule has 202 valence electrons. The molecule has 7 nitrogen and oxygen atoms in total. The maximum atomic E-state index is 14.2. The number of para-hydroxylation sites is 1. The molecule has 0 aliphatic heterocycles. The van der Waals surface area contributed by atoms with E-state index in [-0.39, 0.29) is 40.7 Å². The number of nitrogens with zero attached hydrogens (tertiary/aromatic N) is 2. The number of amides is 2. The highest BCUT2D eigenvalue weighted by atomic mass is 79.9. The third-order valence-electron chi connectivity index (χ3n) is 6.23. The number of thioether (sulfide) groups is 1. The molecule has 39 heavy (non-hydrogen) atoms. The molecule has 10 heteroatoms. The highest BCUT2D eigenvalue weighted by Crippen LogP contribution is 2.24. The van der Waals surface area contributed by atoms with Crippen molar-refractivity contribution >= 4 is 45.2 Å². The molecule has 1 heterocycles. The van der Waals surface area contributed by atoms with Gasteiger partial charge >= 0.3 is 0 Å². The number of nitrogens with one attached hydrogen (secondary N) is 2. The smallest absolute Gasteiger partial charge is 0.295 e. The summed E-state index contributed by atoms with van der Waals surface area (Å²) in [6, 6.07) is 20.7. The van der Waals surface area contributed by atoms with E-state index in [2.05, 4.69) is 26.6 Å². The average molecular weight is 612 g/mol. The Morgan fingerprint density at radius 3 is 2.46 bits per heavy atom. The molecule has 0 saturated carbocycles. The molecular formula is C29H28BrFN4O3S. The van der Waals surface area contributed by atoms with E-state index >= 15 is 0 Å². The van der Waals surface area contributed by atoms with Crippen LogP contribution < -0.4 is 16.2 Å². The summed E-state index contributed by atoms with van der Waals surface area (Å²) in [4.78, 5) is 39.6. The Morgan fingerprint density at radius 2 is 1.74 bits per heavy atom. The molecule has 2 amide bonds. The zero-order valence-electron chi connectivity index (χ0n) is 21.7. The van der Waals surface area contributed by atoms with E-state index in [0.29, 0.717) is 38.3 Å². The van der Waals surface area contributed by atoms with Crippen LogP contribution in [-0.2, 0) is 18.3 Å². The number of hydrogen-bond acceptors (Lipinski definition) is 4. The van der Waals surface area contributed by atoms with Crippen LogP contribution in [0.15, 0.2) is 87.0 Å². The van der Waals surface area contributed by atoms with E-state index in [1.54, 1.807) is 55.1 Å². The average Bonchev–Trinajstić information content (AvgIpc) is 3.12. The molecule has 0 fully saturated rings. The molecule has 0 aliphatic rings. The van der Waals surface area contributed by atoms with Crippen molar-refractivity contribution in [2.45, 2.75) is 31.2 Å². The molecule has 1 atom stereocenters. The topological polar surface area (TPSA) is 85.1 Å². The first kappa shape index (κ1) is 28.4. The van der Waals surface area contributed by atoms with Gasteiger partial charge in [0.25, 0.3) is 11.5 Å². The van der Waals surface area contributed by atoms with Gasteiger partial charge in [0.05, 0.1) is 22.7 Å². The predicted octanol–water partition coefficient (Wildman–Crippen LogP) is 5.48. The van der Waals surface area contributed by atoms with E-state index in [1.165, 1.54) is 22.5 Å². The summed E-state index contributed by atoms with van der Waals surface area (Å²) in [7, 11) is 1.76. The van der Waals surface area contributed by atoms with Gasteiger partial charge < -0.3 is 10.6 Å². The molecule has 1 unspecified atom stereocenters. The normalized spacial score (nSPS) is 11.7. The van der Waals surface area contributed by atoms with Crippen LogP contribution in [-0.4, -0.2) is 33.0 Å². The molecule has 0 saturated heterocycles. The van der Waals surface area contributed by atoms with E-state index < -0.39 is 0 Å². The van der Waals surface area contributed by atoms with Crippen LogP contribution >= 0.6 is 27.7 Å². The van der Waals surface area contributed by atoms with E-state index in [9.17, 15) is 18.8 Å². The third-order valence-corrected chi connectivity index (χ3v) is 7.79. The third kappa shape index (κ3) is 6.69. The molecule has 3 aromatic carbocycles. The zero-order chi connectivity index (χ0) is 28.1. The van der Waals surface area contributed by atoms with Gasteiger partial charge in [-0.05, 0) is 62.2 Å². The predicted molar refractivity (Wildman–Crippen MR) is 156 cm³/mol. The van der Waals surface area contributed by atoms with Crippen LogP contribution in [0.4, 0.5) is 10.1 Å². The summed E-state index contributed by atoms with van der Waals surface area (Å²) < 4.78 is 18.1.